The van der Waals surface area contributed by atoms with Gasteiger partial charge in [0.05, 0.1) is 16.3 Å². The van der Waals surface area contributed by atoms with Gasteiger partial charge in [-0.25, -0.2) is 18.7 Å². The van der Waals surface area contributed by atoms with E-state index < -0.39 is 11.6 Å². The predicted molar refractivity (Wildman–Crippen MR) is 75.9 cm³/mol. The van der Waals surface area contributed by atoms with E-state index in [1.165, 1.54) is 19.1 Å². The second-order valence-corrected chi connectivity index (χ2v) is 4.73. The van der Waals surface area contributed by atoms with E-state index in [1.54, 1.807) is 6.07 Å². The van der Waals surface area contributed by atoms with E-state index in [4.69, 9.17) is 11.6 Å². The molecule has 2 rings (SSSR count). The summed E-state index contributed by atoms with van der Waals surface area (Å²) in [6, 6.07) is 4.55. The molecule has 20 heavy (non-hydrogen) atoms. The molecule has 0 unspecified atom stereocenters. The van der Waals surface area contributed by atoms with Crippen LogP contribution in [0.4, 0.5) is 14.6 Å². The van der Waals surface area contributed by atoms with Crippen LogP contribution in [0.1, 0.15) is 19.0 Å². The number of benzene rings is 1. The maximum Gasteiger partial charge on any atom is 0.186 e. The summed E-state index contributed by atoms with van der Waals surface area (Å²) in [4.78, 5) is 8.04. The summed E-state index contributed by atoms with van der Waals surface area (Å²) >= 11 is 5.74. The fourth-order valence-electron chi connectivity index (χ4n) is 1.72. The number of rotatable bonds is 4. The van der Waals surface area contributed by atoms with E-state index in [2.05, 4.69) is 15.3 Å². The Morgan fingerprint density at radius 1 is 1.20 bits per heavy atom. The van der Waals surface area contributed by atoms with E-state index in [0.717, 1.165) is 6.42 Å². The second kappa shape index (κ2) is 6.13. The summed E-state index contributed by atoms with van der Waals surface area (Å²) in [5, 5.41) is 2.85. The maximum absolute atomic E-state index is 14.0. The molecule has 1 aromatic heterocycles. The zero-order valence-corrected chi connectivity index (χ0v) is 11.9. The first-order valence-corrected chi connectivity index (χ1v) is 6.64. The van der Waals surface area contributed by atoms with Gasteiger partial charge in [0.15, 0.2) is 23.3 Å². The van der Waals surface area contributed by atoms with E-state index in [1.807, 2.05) is 6.92 Å². The molecule has 0 fully saturated rings. The van der Waals surface area contributed by atoms with Crippen LogP contribution in [0, 0.1) is 18.6 Å². The summed E-state index contributed by atoms with van der Waals surface area (Å²) in [5.41, 5.74) is 0.313. The van der Waals surface area contributed by atoms with Gasteiger partial charge in [-0.05, 0) is 25.5 Å². The van der Waals surface area contributed by atoms with Gasteiger partial charge in [-0.2, -0.15) is 0 Å². The quantitative estimate of drug-likeness (QED) is 0.919. The smallest absolute Gasteiger partial charge is 0.186 e. The molecule has 0 spiro atoms. The molecule has 0 bridgehead atoms. The Morgan fingerprint density at radius 2 is 1.95 bits per heavy atom. The standard InChI is InChI=1S/C14H14ClF2N3/c1-3-7-18-14-11(16)8(2)19-13(20-14)9-5-4-6-10(15)12(9)17/h4-6H,3,7H2,1-2H3,(H,18,19,20). The molecule has 0 radical (unpaired) electrons. The Kier molecular flexibility index (Phi) is 4.49. The molecule has 0 saturated heterocycles. The summed E-state index contributed by atoms with van der Waals surface area (Å²) < 4.78 is 27.9. The normalized spacial score (nSPS) is 10.7. The number of aromatic nitrogens is 2. The molecule has 1 heterocycles. The van der Waals surface area contributed by atoms with Gasteiger partial charge in [0.1, 0.15) is 0 Å². The van der Waals surface area contributed by atoms with Gasteiger partial charge < -0.3 is 5.32 Å². The van der Waals surface area contributed by atoms with Gasteiger partial charge in [0.2, 0.25) is 0 Å². The molecule has 2 aromatic rings. The van der Waals surface area contributed by atoms with Crippen molar-refractivity contribution in [2.75, 3.05) is 11.9 Å². The average Bonchev–Trinajstić information content (AvgIpc) is 2.43. The zero-order valence-electron chi connectivity index (χ0n) is 11.2. The van der Waals surface area contributed by atoms with Crippen molar-refractivity contribution >= 4 is 17.4 Å². The third-order valence-corrected chi connectivity index (χ3v) is 3.04. The molecular formula is C14H14ClF2N3. The Balaban J connectivity index is 2.52. The first-order valence-electron chi connectivity index (χ1n) is 6.27. The number of nitrogens with one attached hydrogen (secondary N) is 1. The average molecular weight is 298 g/mol. The Bertz CT molecular complexity index is 632. The van der Waals surface area contributed by atoms with Crippen molar-refractivity contribution in [2.24, 2.45) is 0 Å². The third-order valence-electron chi connectivity index (χ3n) is 2.75. The lowest BCUT2D eigenvalue weighted by atomic mass is 10.2. The second-order valence-electron chi connectivity index (χ2n) is 4.32. The molecule has 1 N–H and O–H groups in total. The SMILES string of the molecule is CCCNc1nc(-c2cccc(Cl)c2F)nc(C)c1F. The lowest BCUT2D eigenvalue weighted by Gasteiger charge is -2.10. The highest BCUT2D eigenvalue weighted by Crippen LogP contribution is 2.27. The largest absolute Gasteiger partial charge is 0.368 e. The van der Waals surface area contributed by atoms with Crippen molar-refractivity contribution in [2.45, 2.75) is 20.3 Å². The van der Waals surface area contributed by atoms with Gasteiger partial charge in [-0.3, -0.25) is 0 Å². The van der Waals surface area contributed by atoms with Gasteiger partial charge >= 0.3 is 0 Å². The van der Waals surface area contributed by atoms with Crippen LogP contribution < -0.4 is 5.32 Å². The van der Waals surface area contributed by atoms with Crippen molar-refractivity contribution in [1.29, 1.82) is 0 Å². The van der Waals surface area contributed by atoms with Crippen molar-refractivity contribution in [3.05, 3.63) is 40.6 Å². The fourth-order valence-corrected chi connectivity index (χ4v) is 1.89. The molecule has 0 atom stereocenters. The minimum atomic E-state index is -0.610. The van der Waals surface area contributed by atoms with Gasteiger partial charge in [0, 0.05) is 6.54 Å². The zero-order chi connectivity index (χ0) is 14.7. The molecule has 0 aliphatic heterocycles. The Morgan fingerprint density at radius 3 is 2.65 bits per heavy atom. The predicted octanol–water partition coefficient (Wildman–Crippen LogP) is 4.21. The molecule has 0 saturated carbocycles. The molecule has 0 amide bonds. The molecule has 0 aliphatic rings. The minimum absolute atomic E-state index is 0.0175. The molecule has 106 valence electrons. The number of anilines is 1. The molecule has 3 nitrogen and oxygen atoms in total. The van der Waals surface area contributed by atoms with Crippen LogP contribution in [0.15, 0.2) is 18.2 Å². The van der Waals surface area contributed by atoms with Crippen LogP contribution in [0.5, 0.6) is 0 Å². The van der Waals surface area contributed by atoms with Crippen LogP contribution in [-0.4, -0.2) is 16.5 Å². The number of nitrogens with zero attached hydrogens (tertiary/aromatic N) is 2. The lowest BCUT2D eigenvalue weighted by Crippen LogP contribution is -2.08. The number of hydrogen-bond donors (Lipinski definition) is 1. The monoisotopic (exact) mass is 297 g/mol. The molecular weight excluding hydrogens is 284 g/mol. The molecule has 1 aromatic carbocycles. The Labute approximate surface area is 121 Å². The van der Waals surface area contributed by atoms with Gasteiger partial charge in [-0.15, -0.1) is 0 Å². The van der Waals surface area contributed by atoms with Gasteiger partial charge in [0.25, 0.3) is 0 Å². The van der Waals surface area contributed by atoms with E-state index in [9.17, 15) is 8.78 Å². The third kappa shape index (κ3) is 2.88. The van der Waals surface area contributed by atoms with Crippen molar-refractivity contribution in [3.63, 3.8) is 0 Å². The Hall–Kier alpha value is -1.75. The number of hydrogen-bond acceptors (Lipinski definition) is 3. The van der Waals surface area contributed by atoms with Crippen LogP contribution in [-0.2, 0) is 0 Å². The molecule has 0 aliphatic carbocycles. The van der Waals surface area contributed by atoms with Crippen molar-refractivity contribution < 1.29 is 8.78 Å². The van der Waals surface area contributed by atoms with Crippen LogP contribution >= 0.6 is 11.6 Å². The highest BCUT2D eigenvalue weighted by molar-refractivity contribution is 6.31. The van der Waals surface area contributed by atoms with Crippen molar-refractivity contribution in [3.8, 4) is 11.4 Å². The summed E-state index contributed by atoms with van der Waals surface area (Å²) in [6.45, 7) is 4.04. The summed E-state index contributed by atoms with van der Waals surface area (Å²) in [7, 11) is 0. The van der Waals surface area contributed by atoms with Crippen molar-refractivity contribution in [1.82, 2.24) is 9.97 Å². The maximum atomic E-state index is 14.0. The lowest BCUT2D eigenvalue weighted by molar-refractivity contribution is 0.603. The molecule has 6 heteroatoms. The summed E-state index contributed by atoms with van der Waals surface area (Å²) in [5.74, 6) is -0.942. The van der Waals surface area contributed by atoms with E-state index in [-0.39, 0.29) is 27.9 Å². The first-order chi connectivity index (χ1) is 9.54. The highest BCUT2D eigenvalue weighted by atomic mass is 35.5. The van der Waals surface area contributed by atoms with Crippen LogP contribution in [0.3, 0.4) is 0 Å². The number of halogens is 3. The fraction of sp³-hybridized carbons (Fsp3) is 0.286. The highest BCUT2D eigenvalue weighted by Gasteiger charge is 2.16. The van der Waals surface area contributed by atoms with E-state index >= 15 is 0 Å². The summed E-state index contributed by atoms with van der Waals surface area (Å²) in [6.07, 6.45) is 0.823. The van der Waals surface area contributed by atoms with Crippen LogP contribution in [0.2, 0.25) is 5.02 Å². The minimum Gasteiger partial charge on any atom is -0.368 e. The van der Waals surface area contributed by atoms with E-state index in [0.29, 0.717) is 6.54 Å². The topological polar surface area (TPSA) is 37.8 Å². The number of aryl methyl sites for hydroxylation is 1. The first kappa shape index (κ1) is 14.7. The van der Waals surface area contributed by atoms with Crippen LogP contribution in [0.25, 0.3) is 11.4 Å². The van der Waals surface area contributed by atoms with Gasteiger partial charge in [-0.1, -0.05) is 24.6 Å².